The minimum Gasteiger partial charge on any atom is -0.378 e. The van der Waals surface area contributed by atoms with Crippen LogP contribution in [0, 0.1) is 11.3 Å². The molecule has 0 aliphatic heterocycles. The third kappa shape index (κ3) is 3.16. The number of hydrogen-bond acceptors (Lipinski definition) is 2. The largest absolute Gasteiger partial charge is 0.378 e. The Morgan fingerprint density at radius 1 is 1.21 bits per heavy atom. The van der Waals surface area contributed by atoms with Gasteiger partial charge in [-0.25, -0.2) is 0 Å². The van der Waals surface area contributed by atoms with Gasteiger partial charge < -0.3 is 9.88 Å². The number of rotatable bonds is 3. The second-order valence-electron chi connectivity index (χ2n) is 4.05. The summed E-state index contributed by atoms with van der Waals surface area (Å²) in [7, 11) is 1.82. The molecule has 0 amide bonds. The maximum Gasteiger partial charge on any atom is 0.120 e. The first-order chi connectivity index (χ1) is 9.01. The quantitative estimate of drug-likeness (QED) is 0.908. The highest BCUT2D eigenvalue weighted by atomic mass is 35.5. The minimum absolute atomic E-state index is 0.467. The van der Waals surface area contributed by atoms with Crippen molar-refractivity contribution in [3.63, 3.8) is 0 Å². The molecule has 0 radical (unpaired) electrons. The second-order valence-corrected chi connectivity index (χ2v) is 5.31. The fraction of sp³-hybridized carbons (Fsp3) is 0.154. The molecular formula is C13H10Cl3N3. The van der Waals surface area contributed by atoms with Crippen molar-refractivity contribution in [1.82, 2.24) is 4.57 Å². The van der Waals surface area contributed by atoms with Crippen LogP contribution in [-0.2, 0) is 13.6 Å². The van der Waals surface area contributed by atoms with Gasteiger partial charge in [0, 0.05) is 24.8 Å². The van der Waals surface area contributed by atoms with Crippen LogP contribution < -0.4 is 5.32 Å². The highest BCUT2D eigenvalue weighted by Crippen LogP contribution is 2.33. The van der Waals surface area contributed by atoms with E-state index < -0.39 is 0 Å². The first-order valence-corrected chi connectivity index (χ1v) is 6.58. The van der Waals surface area contributed by atoms with Gasteiger partial charge in [-0.2, -0.15) is 5.26 Å². The average Bonchev–Trinajstić information content (AvgIpc) is 2.68. The number of nitriles is 1. The Labute approximate surface area is 126 Å². The zero-order chi connectivity index (χ0) is 14.0. The Balaban J connectivity index is 2.17. The van der Waals surface area contributed by atoms with Gasteiger partial charge in [0.25, 0.3) is 0 Å². The van der Waals surface area contributed by atoms with Crippen molar-refractivity contribution in [2.45, 2.75) is 6.54 Å². The first kappa shape index (κ1) is 14.1. The fourth-order valence-electron chi connectivity index (χ4n) is 1.74. The van der Waals surface area contributed by atoms with Gasteiger partial charge >= 0.3 is 0 Å². The Kier molecular flexibility index (Phi) is 4.26. The summed E-state index contributed by atoms with van der Waals surface area (Å²) >= 11 is 18.0. The van der Waals surface area contributed by atoms with Gasteiger partial charge in [0.15, 0.2) is 0 Å². The van der Waals surface area contributed by atoms with Crippen LogP contribution in [0.3, 0.4) is 0 Å². The van der Waals surface area contributed by atoms with Crippen molar-refractivity contribution >= 4 is 40.5 Å². The monoisotopic (exact) mass is 313 g/mol. The van der Waals surface area contributed by atoms with Gasteiger partial charge in [-0.15, -0.1) is 0 Å². The zero-order valence-corrected chi connectivity index (χ0v) is 12.3. The number of nitrogens with zero attached hydrogens (tertiary/aromatic N) is 2. The van der Waals surface area contributed by atoms with Crippen LogP contribution in [0.5, 0.6) is 0 Å². The number of aryl methyl sites for hydroxylation is 1. The predicted octanol–water partition coefficient (Wildman–Crippen LogP) is 4.47. The Bertz CT molecular complexity index is 633. The molecule has 0 aliphatic carbocycles. The summed E-state index contributed by atoms with van der Waals surface area (Å²) in [6, 6.07) is 7.18. The predicted molar refractivity (Wildman–Crippen MR) is 78.9 cm³/mol. The minimum atomic E-state index is 0.467. The fourth-order valence-corrected chi connectivity index (χ4v) is 2.69. The van der Waals surface area contributed by atoms with E-state index in [9.17, 15) is 0 Å². The molecule has 1 aromatic heterocycles. The highest BCUT2D eigenvalue weighted by Gasteiger charge is 2.08. The van der Waals surface area contributed by atoms with E-state index in [0.29, 0.717) is 33.0 Å². The highest BCUT2D eigenvalue weighted by molar-refractivity contribution is 6.41. The van der Waals surface area contributed by atoms with E-state index in [4.69, 9.17) is 40.1 Å². The SMILES string of the molecule is Cn1cc(CNc2c(Cl)cc(Cl)cc2Cl)cc1C#N. The van der Waals surface area contributed by atoms with Gasteiger partial charge in [0.2, 0.25) is 0 Å². The maximum atomic E-state index is 8.89. The van der Waals surface area contributed by atoms with E-state index in [-0.39, 0.29) is 0 Å². The average molecular weight is 315 g/mol. The zero-order valence-electron chi connectivity index (χ0n) is 10.0. The molecule has 0 atom stereocenters. The summed E-state index contributed by atoms with van der Waals surface area (Å²) in [5.74, 6) is 0. The van der Waals surface area contributed by atoms with Crippen molar-refractivity contribution in [2.24, 2.45) is 7.05 Å². The standard InChI is InChI=1S/C13H10Cl3N3/c1-19-7-8(2-10(19)5-17)6-18-13-11(15)3-9(14)4-12(13)16/h2-4,7,18H,6H2,1H3. The van der Waals surface area contributed by atoms with E-state index in [0.717, 1.165) is 5.56 Å². The molecule has 0 saturated carbocycles. The Morgan fingerprint density at radius 3 is 2.37 bits per heavy atom. The van der Waals surface area contributed by atoms with Crippen LogP contribution in [0.2, 0.25) is 15.1 Å². The smallest absolute Gasteiger partial charge is 0.120 e. The summed E-state index contributed by atoms with van der Waals surface area (Å²) < 4.78 is 1.77. The van der Waals surface area contributed by atoms with Gasteiger partial charge in [0.05, 0.1) is 15.7 Å². The number of anilines is 1. The van der Waals surface area contributed by atoms with Crippen molar-refractivity contribution in [1.29, 1.82) is 5.26 Å². The summed E-state index contributed by atoms with van der Waals surface area (Å²) in [6.45, 7) is 0.524. The summed E-state index contributed by atoms with van der Waals surface area (Å²) in [5.41, 5.74) is 2.21. The van der Waals surface area contributed by atoms with Crippen molar-refractivity contribution in [3.05, 3.63) is 50.7 Å². The van der Waals surface area contributed by atoms with E-state index in [2.05, 4.69) is 11.4 Å². The second kappa shape index (κ2) is 5.75. The van der Waals surface area contributed by atoms with Crippen molar-refractivity contribution in [3.8, 4) is 6.07 Å². The van der Waals surface area contributed by atoms with Crippen LogP contribution in [0.1, 0.15) is 11.3 Å². The third-order valence-corrected chi connectivity index (χ3v) is 3.47. The van der Waals surface area contributed by atoms with Gasteiger partial charge in [-0.1, -0.05) is 34.8 Å². The number of aromatic nitrogens is 1. The van der Waals surface area contributed by atoms with Crippen LogP contribution >= 0.6 is 34.8 Å². The van der Waals surface area contributed by atoms with Crippen LogP contribution in [0.15, 0.2) is 24.4 Å². The van der Waals surface area contributed by atoms with Gasteiger partial charge in [-0.3, -0.25) is 0 Å². The van der Waals surface area contributed by atoms with E-state index >= 15 is 0 Å². The maximum absolute atomic E-state index is 8.89. The molecule has 3 nitrogen and oxygen atoms in total. The lowest BCUT2D eigenvalue weighted by Crippen LogP contribution is -1.99. The van der Waals surface area contributed by atoms with E-state index in [1.165, 1.54) is 0 Å². The van der Waals surface area contributed by atoms with Crippen molar-refractivity contribution < 1.29 is 0 Å². The Morgan fingerprint density at radius 2 is 1.84 bits per heavy atom. The molecule has 1 aromatic carbocycles. The molecule has 0 unspecified atom stereocenters. The van der Waals surface area contributed by atoms with Crippen LogP contribution in [0.4, 0.5) is 5.69 Å². The first-order valence-electron chi connectivity index (χ1n) is 5.45. The van der Waals surface area contributed by atoms with Gasteiger partial charge in [0.1, 0.15) is 11.8 Å². The lowest BCUT2D eigenvalue weighted by molar-refractivity contribution is 0.902. The van der Waals surface area contributed by atoms with Crippen LogP contribution in [-0.4, -0.2) is 4.57 Å². The summed E-state index contributed by atoms with van der Waals surface area (Å²) in [5, 5.41) is 13.5. The molecule has 0 fully saturated rings. The summed E-state index contributed by atoms with van der Waals surface area (Å²) in [4.78, 5) is 0. The normalized spacial score (nSPS) is 10.3. The number of nitrogens with one attached hydrogen (secondary N) is 1. The van der Waals surface area contributed by atoms with E-state index in [1.807, 2.05) is 19.3 Å². The molecule has 0 spiro atoms. The molecule has 2 aromatic rings. The molecule has 0 aliphatic rings. The molecule has 98 valence electrons. The number of benzene rings is 1. The van der Waals surface area contributed by atoms with E-state index in [1.54, 1.807) is 16.7 Å². The lowest BCUT2D eigenvalue weighted by Gasteiger charge is -2.10. The molecule has 1 heterocycles. The third-order valence-electron chi connectivity index (χ3n) is 2.65. The number of halogens is 3. The molecule has 0 saturated heterocycles. The lowest BCUT2D eigenvalue weighted by atomic mass is 10.2. The van der Waals surface area contributed by atoms with Crippen molar-refractivity contribution in [2.75, 3.05) is 5.32 Å². The molecule has 0 bridgehead atoms. The Hall–Kier alpha value is -1.34. The number of hydrogen-bond donors (Lipinski definition) is 1. The summed E-state index contributed by atoms with van der Waals surface area (Å²) in [6.07, 6.45) is 1.88. The molecule has 6 heteroatoms. The molecule has 19 heavy (non-hydrogen) atoms. The molecule has 1 N–H and O–H groups in total. The topological polar surface area (TPSA) is 40.8 Å². The van der Waals surface area contributed by atoms with Crippen LogP contribution in [0.25, 0.3) is 0 Å². The molecule has 2 rings (SSSR count). The molecular weight excluding hydrogens is 305 g/mol. The van der Waals surface area contributed by atoms with Gasteiger partial charge in [-0.05, 0) is 23.8 Å².